The Kier molecular flexibility index (Phi) is 4.81. The highest BCUT2D eigenvalue weighted by Gasteiger charge is 2.41. The minimum Gasteiger partial charge on any atom is -0.322 e. The van der Waals surface area contributed by atoms with Crippen LogP contribution < -0.4 is 15.5 Å². The summed E-state index contributed by atoms with van der Waals surface area (Å²) < 4.78 is 1.67. The summed E-state index contributed by atoms with van der Waals surface area (Å²) in [4.78, 5) is 37.8. The van der Waals surface area contributed by atoms with Gasteiger partial charge in [0.05, 0.1) is 18.4 Å². The van der Waals surface area contributed by atoms with Crippen molar-refractivity contribution in [2.45, 2.75) is 25.4 Å². The van der Waals surface area contributed by atoms with Gasteiger partial charge in [0.25, 0.3) is 0 Å². The molecule has 3 aromatic rings. The van der Waals surface area contributed by atoms with Crippen molar-refractivity contribution in [2.75, 3.05) is 15.5 Å². The molecule has 10 nitrogen and oxygen atoms in total. The fraction of sp³-hybridized carbons (Fsp3) is 0.227. The van der Waals surface area contributed by atoms with Crippen LogP contribution in [-0.4, -0.2) is 42.6 Å². The van der Waals surface area contributed by atoms with Gasteiger partial charge in [-0.05, 0) is 37.1 Å². The molecule has 0 bridgehead atoms. The van der Waals surface area contributed by atoms with Gasteiger partial charge in [-0.2, -0.15) is 10.1 Å². The number of rotatable bonds is 6. The molecule has 0 unspecified atom stereocenters. The number of carbonyl (C=O) groups excluding carboxylic acids is 2. The first-order valence-corrected chi connectivity index (χ1v) is 10.3. The van der Waals surface area contributed by atoms with Gasteiger partial charge < -0.3 is 15.5 Å². The maximum Gasteiger partial charge on any atom is 0.330 e. The lowest BCUT2D eigenvalue weighted by Gasteiger charge is -2.36. The van der Waals surface area contributed by atoms with E-state index in [2.05, 4.69) is 32.3 Å². The average Bonchev–Trinajstić information content (AvgIpc) is 3.56. The van der Waals surface area contributed by atoms with Crippen LogP contribution in [0, 0.1) is 0 Å². The maximum absolute atomic E-state index is 13.5. The van der Waals surface area contributed by atoms with Gasteiger partial charge in [-0.1, -0.05) is 12.6 Å². The molecule has 3 amide bonds. The van der Waals surface area contributed by atoms with Crippen LogP contribution in [0.5, 0.6) is 0 Å². The predicted octanol–water partition coefficient (Wildman–Crippen LogP) is 3.31. The number of aromatic nitrogens is 4. The Balaban J connectivity index is 1.55. The SMILES string of the molecule is C=CC(=O)Nc1cccc(N2C(=O)N(C3CC3)Cc3cnc(Nc4ccnn4C)nc32)c1. The number of urea groups is 1. The molecule has 1 aliphatic heterocycles. The van der Waals surface area contributed by atoms with Crippen molar-refractivity contribution in [3.8, 4) is 0 Å². The van der Waals surface area contributed by atoms with E-state index in [0.717, 1.165) is 24.2 Å². The Morgan fingerprint density at radius 1 is 1.28 bits per heavy atom. The van der Waals surface area contributed by atoms with E-state index in [-0.39, 0.29) is 18.0 Å². The van der Waals surface area contributed by atoms with Crippen molar-refractivity contribution >= 4 is 40.9 Å². The number of fused-ring (bicyclic) bond motifs is 1. The van der Waals surface area contributed by atoms with E-state index < -0.39 is 0 Å². The fourth-order valence-corrected chi connectivity index (χ4v) is 3.66. The van der Waals surface area contributed by atoms with Crippen molar-refractivity contribution < 1.29 is 9.59 Å². The molecule has 3 heterocycles. The molecule has 0 spiro atoms. The van der Waals surface area contributed by atoms with Crippen molar-refractivity contribution in [1.29, 1.82) is 0 Å². The average molecular weight is 430 g/mol. The van der Waals surface area contributed by atoms with E-state index in [1.54, 1.807) is 40.2 Å². The lowest BCUT2D eigenvalue weighted by atomic mass is 10.1. The summed E-state index contributed by atoms with van der Waals surface area (Å²) in [5.74, 6) is 1.28. The summed E-state index contributed by atoms with van der Waals surface area (Å²) in [5.41, 5.74) is 2.02. The molecule has 0 atom stereocenters. The third-order valence-electron chi connectivity index (χ3n) is 5.44. The molecular weight excluding hydrogens is 408 g/mol. The molecule has 10 heteroatoms. The molecule has 32 heavy (non-hydrogen) atoms. The standard InChI is InChI=1S/C22H22N8O2/c1-3-19(31)25-15-5-4-6-17(11-15)30-20-14(13-29(22(30)32)16-7-8-16)12-23-21(27-20)26-18-9-10-24-28(18)2/h3-6,9-12,16H,1,7-8,13H2,2H3,(H,25,31)(H,23,26,27). The second kappa shape index (κ2) is 7.80. The third-order valence-corrected chi connectivity index (χ3v) is 5.44. The lowest BCUT2D eigenvalue weighted by molar-refractivity contribution is -0.111. The van der Waals surface area contributed by atoms with Crippen molar-refractivity contribution in [1.82, 2.24) is 24.6 Å². The van der Waals surface area contributed by atoms with Crippen molar-refractivity contribution in [2.24, 2.45) is 7.05 Å². The van der Waals surface area contributed by atoms with E-state index in [4.69, 9.17) is 0 Å². The van der Waals surface area contributed by atoms with Gasteiger partial charge in [0.15, 0.2) is 5.82 Å². The third kappa shape index (κ3) is 3.66. The largest absolute Gasteiger partial charge is 0.330 e. The zero-order chi connectivity index (χ0) is 22.2. The number of carbonyl (C=O) groups is 2. The number of anilines is 5. The summed E-state index contributed by atoms with van der Waals surface area (Å²) in [7, 11) is 1.81. The molecule has 1 fully saturated rings. The Bertz CT molecular complexity index is 1220. The van der Waals surface area contributed by atoms with Gasteiger partial charge in [0.1, 0.15) is 5.82 Å². The number of hydrogen-bond acceptors (Lipinski definition) is 6. The molecule has 2 aliphatic rings. The van der Waals surface area contributed by atoms with Crippen LogP contribution in [0.3, 0.4) is 0 Å². The molecule has 2 N–H and O–H groups in total. The first-order valence-electron chi connectivity index (χ1n) is 10.3. The highest BCUT2D eigenvalue weighted by molar-refractivity contribution is 6.03. The van der Waals surface area contributed by atoms with Crippen molar-refractivity contribution in [3.63, 3.8) is 0 Å². The van der Waals surface area contributed by atoms with Gasteiger partial charge in [-0.25, -0.2) is 14.7 Å². The van der Waals surface area contributed by atoms with Crippen LogP contribution in [0.15, 0.2) is 55.4 Å². The minimum absolute atomic E-state index is 0.141. The molecule has 1 aromatic carbocycles. The van der Waals surface area contributed by atoms with Crippen LogP contribution in [0.25, 0.3) is 0 Å². The van der Waals surface area contributed by atoms with Crippen LogP contribution in [0.2, 0.25) is 0 Å². The van der Waals surface area contributed by atoms with E-state index >= 15 is 0 Å². The highest BCUT2D eigenvalue weighted by Crippen LogP contribution is 2.39. The maximum atomic E-state index is 13.5. The second-order valence-corrected chi connectivity index (χ2v) is 7.73. The highest BCUT2D eigenvalue weighted by atomic mass is 16.2. The number of benzene rings is 1. The first-order chi connectivity index (χ1) is 15.5. The number of amides is 3. The van der Waals surface area contributed by atoms with Crippen molar-refractivity contribution in [3.05, 3.63) is 60.9 Å². The van der Waals surface area contributed by atoms with E-state index in [1.807, 2.05) is 24.1 Å². The van der Waals surface area contributed by atoms with Gasteiger partial charge in [0.2, 0.25) is 11.9 Å². The Labute approximate surface area is 184 Å². The first kappa shape index (κ1) is 19.7. The van der Waals surface area contributed by atoms with Crippen LogP contribution >= 0.6 is 0 Å². The Morgan fingerprint density at radius 2 is 2.12 bits per heavy atom. The molecule has 2 aromatic heterocycles. The summed E-state index contributed by atoms with van der Waals surface area (Å²) >= 11 is 0. The van der Waals surface area contributed by atoms with Gasteiger partial charge in [-0.15, -0.1) is 0 Å². The van der Waals surface area contributed by atoms with Crippen LogP contribution in [0.1, 0.15) is 18.4 Å². The summed E-state index contributed by atoms with van der Waals surface area (Å²) in [6.45, 7) is 3.95. The smallest absolute Gasteiger partial charge is 0.322 e. The van der Waals surface area contributed by atoms with Gasteiger partial charge >= 0.3 is 6.03 Å². The van der Waals surface area contributed by atoms with Crippen LogP contribution in [0.4, 0.5) is 33.8 Å². The minimum atomic E-state index is -0.322. The molecule has 162 valence electrons. The number of nitrogens with one attached hydrogen (secondary N) is 2. The summed E-state index contributed by atoms with van der Waals surface area (Å²) in [6, 6.07) is 9.01. The normalized spacial score (nSPS) is 15.3. The monoisotopic (exact) mass is 430 g/mol. The second-order valence-electron chi connectivity index (χ2n) is 7.73. The summed E-state index contributed by atoms with van der Waals surface area (Å²) in [5, 5.41) is 10.0. The predicted molar refractivity (Wildman–Crippen MR) is 120 cm³/mol. The molecule has 5 rings (SSSR count). The van der Waals surface area contributed by atoms with E-state index in [0.29, 0.717) is 29.7 Å². The molecule has 1 aliphatic carbocycles. The van der Waals surface area contributed by atoms with Crippen LogP contribution in [-0.2, 0) is 18.4 Å². The zero-order valence-corrected chi connectivity index (χ0v) is 17.5. The Hall–Kier alpha value is -4.21. The molecular formula is C22H22N8O2. The lowest BCUT2D eigenvalue weighted by Crippen LogP contribution is -2.46. The molecule has 1 saturated carbocycles. The van der Waals surface area contributed by atoms with E-state index in [9.17, 15) is 9.59 Å². The van der Waals surface area contributed by atoms with E-state index in [1.165, 1.54) is 6.08 Å². The number of aryl methyl sites for hydroxylation is 1. The summed E-state index contributed by atoms with van der Waals surface area (Å²) in [6.07, 6.45) is 6.61. The zero-order valence-electron chi connectivity index (χ0n) is 17.5. The topological polar surface area (TPSA) is 108 Å². The Morgan fingerprint density at radius 3 is 2.84 bits per heavy atom. The molecule has 0 saturated heterocycles. The number of hydrogen-bond donors (Lipinski definition) is 2. The quantitative estimate of drug-likeness (QED) is 0.581. The fourth-order valence-electron chi connectivity index (χ4n) is 3.66. The van der Waals surface area contributed by atoms with Gasteiger partial charge in [-0.3, -0.25) is 9.48 Å². The number of nitrogens with zero attached hydrogens (tertiary/aromatic N) is 6. The molecule has 0 radical (unpaired) electrons. The van der Waals surface area contributed by atoms with Gasteiger partial charge in [0, 0.05) is 36.6 Å².